The van der Waals surface area contributed by atoms with Crippen LogP contribution in [0.25, 0.3) is 22.0 Å². The minimum Gasteiger partial charge on any atom is -0.399 e. The van der Waals surface area contributed by atoms with Crippen LogP contribution in [0, 0.1) is 0 Å². The lowest BCUT2D eigenvalue weighted by atomic mass is 8.23. The summed E-state index contributed by atoms with van der Waals surface area (Å²) < 4.78 is 12.2. The third-order valence-corrected chi connectivity index (χ3v) is 17.8. The van der Waals surface area contributed by atoms with Crippen LogP contribution in [-0.4, -0.2) is 448 Å². The molecular weight excluding hydrogens is 958 g/mol. The molecular formula is C21H22B61NO2. The summed E-state index contributed by atoms with van der Waals surface area (Å²) in [7, 11) is 204. The Labute approximate surface area is 568 Å². The predicted octanol–water partition coefficient (Wildman–Crippen LogP) is -18.6. The maximum absolute atomic E-state index is 7.08. The van der Waals surface area contributed by atoms with Gasteiger partial charge >= 0.3 is 7.12 Å². The van der Waals surface area contributed by atoms with Gasteiger partial charge in [-0.05, 0) is 44.5 Å². The van der Waals surface area contributed by atoms with Gasteiger partial charge < -0.3 is 9.31 Å². The summed E-state index contributed by atoms with van der Waals surface area (Å²) in [4.78, 5) is 4.68. The summed E-state index contributed by atoms with van der Waals surface area (Å²) >= 11 is 0. The van der Waals surface area contributed by atoms with Gasteiger partial charge in [-0.15, -0.1) is 0 Å². The molecule has 0 bridgehead atoms. The number of nitrogens with zero attached hydrogens (tertiary/aromatic N) is 1. The summed E-state index contributed by atoms with van der Waals surface area (Å²) in [5.74, 6) is 0. The van der Waals surface area contributed by atoms with Crippen LogP contribution in [-0.2, 0) is 9.31 Å². The van der Waals surface area contributed by atoms with E-state index in [0.29, 0.717) is 0 Å². The average molecular weight is 980 g/mol. The van der Waals surface area contributed by atoms with Crippen molar-refractivity contribution >= 4 is 448 Å². The average Bonchev–Trinajstić information content (AvgIpc) is 1.39. The third kappa shape index (κ3) is 20.4. The fourth-order valence-electron chi connectivity index (χ4n) is 13.4. The highest BCUT2D eigenvalue weighted by Gasteiger charge is 2.63. The van der Waals surface area contributed by atoms with Crippen molar-refractivity contribution in [2.24, 2.45) is 0 Å². The van der Waals surface area contributed by atoms with Crippen molar-refractivity contribution in [3.8, 4) is 11.3 Å². The van der Waals surface area contributed by atoms with Crippen molar-refractivity contribution in [1.29, 1.82) is 0 Å². The van der Waals surface area contributed by atoms with Crippen molar-refractivity contribution in [1.82, 2.24) is 4.98 Å². The van der Waals surface area contributed by atoms with E-state index in [2.05, 4.69) is 75.1 Å². The SMILES string of the molecule is CC1(C)OB(c2ccc(-c3cccc4ccccc34)nc2)OC1(C)C.[B]B([B])B([B])B(B(B([B])[B])B([B])[B])B(B(B(B([B])[B])B([B])[B])B(B([B])[B])B([B])[B])B(B(B(B([B])[B])B([B])[B])B(B([B])[B])B([B])[B])B(B(B([B])[B])B([B])[B])B(B([B])[B])B([B])[B]. The first kappa shape index (κ1) is 81.0. The van der Waals surface area contributed by atoms with Gasteiger partial charge in [0.25, 0.3) is 0 Å². The van der Waals surface area contributed by atoms with Gasteiger partial charge in [-0.1, -0.05) is 48.5 Å². The van der Waals surface area contributed by atoms with E-state index in [1.54, 1.807) is 0 Å². The summed E-state index contributed by atoms with van der Waals surface area (Å²) in [5, 5.41) is 2.43. The fraction of sp³-hybridized carbons (Fsp3) is 0.286. The van der Waals surface area contributed by atoms with Crippen LogP contribution >= 0.6 is 0 Å². The van der Waals surface area contributed by atoms with Gasteiger partial charge in [-0.3, -0.25) is 4.98 Å². The molecule has 0 spiro atoms. The summed E-state index contributed by atoms with van der Waals surface area (Å²) in [5.41, 5.74) is 2.36. The summed E-state index contributed by atoms with van der Waals surface area (Å²) in [6, 6.07) is 18.8. The molecule has 0 atom stereocenters. The molecule has 1 aliphatic heterocycles. The third-order valence-electron chi connectivity index (χ3n) is 17.8. The predicted molar refractivity (Wildman–Crippen MR) is 448 cm³/mol. The molecule has 85 heavy (non-hydrogen) atoms. The van der Waals surface area contributed by atoms with Gasteiger partial charge in [0.1, 0.15) is 0 Å². The van der Waals surface area contributed by atoms with E-state index in [4.69, 9.17) is 249 Å². The molecule has 306 valence electrons. The molecule has 0 saturated carbocycles. The van der Waals surface area contributed by atoms with Gasteiger partial charge in [-0.2, -0.15) is 0 Å². The van der Waals surface area contributed by atoms with E-state index in [1.165, 1.54) is 10.8 Å². The van der Waals surface area contributed by atoms with Gasteiger partial charge in [0.2, 0.25) is 0 Å². The van der Waals surface area contributed by atoms with Crippen LogP contribution in [0.3, 0.4) is 0 Å². The zero-order valence-corrected chi connectivity index (χ0v) is 49.8. The highest BCUT2D eigenvalue weighted by atomic mass is 16.7. The number of pyridine rings is 1. The number of hydrogen-bond donors (Lipinski definition) is 0. The smallest absolute Gasteiger partial charge is 0.399 e. The Bertz CT molecular complexity index is 2220. The van der Waals surface area contributed by atoms with E-state index in [9.17, 15) is 0 Å². The van der Waals surface area contributed by atoms with E-state index < -0.39 is 185 Å². The topological polar surface area (TPSA) is 31.4 Å². The number of aromatic nitrogens is 1. The molecule has 3 nitrogen and oxygen atoms in total. The molecule has 62 radical (unpaired) electrons. The highest BCUT2D eigenvalue weighted by Crippen LogP contribution is 2.37. The number of benzene rings is 2. The lowest BCUT2D eigenvalue weighted by Gasteiger charge is -2.59. The van der Waals surface area contributed by atoms with E-state index in [-0.39, 0.29) is 18.3 Å². The maximum Gasteiger partial charge on any atom is 0.496 e. The minimum atomic E-state index is -1.52. The summed E-state index contributed by atoms with van der Waals surface area (Å²) in [6.45, 7) is 8.24. The molecule has 64 heteroatoms. The second kappa shape index (κ2) is 35.5. The molecule has 0 amide bonds. The zero-order valence-electron chi connectivity index (χ0n) is 49.8. The Morgan fingerprint density at radius 3 is 0.859 bits per heavy atom. The van der Waals surface area contributed by atoms with Crippen LogP contribution in [0.15, 0.2) is 60.8 Å². The lowest BCUT2D eigenvalue weighted by molar-refractivity contribution is 0.00578. The van der Waals surface area contributed by atoms with E-state index in [1.807, 2.05) is 18.3 Å². The first-order valence-electron chi connectivity index (χ1n) is 28.3. The maximum atomic E-state index is 7.08. The second-order valence-corrected chi connectivity index (χ2v) is 24.3. The van der Waals surface area contributed by atoms with Gasteiger partial charge in [-0.25, -0.2) is 0 Å². The standard InChI is InChI=1S/C21H22BNO2.B60/c1-20(2)21(3,4)25-22(24-20)16-12-13-19(23-14-16)18-11-7-9-15-8-5-6-10-17(15)18;1-32(2)47(31)55(48(33(3)4)34(5)6)59(56(49(35(7)8)36(9)10)50(37(11)12)38(13)14)60(57(51(39(15)16)40(17)18)52(41(19)20)42(21)22)58(53(43(23)24)44(25)26)54(45(27)28)46(29)30/h5-14H,1-4H3;. The normalized spacial score (nSPS) is 12.4. The van der Waals surface area contributed by atoms with Gasteiger partial charge in [0.05, 0.1) is 16.9 Å². The van der Waals surface area contributed by atoms with Crippen molar-refractivity contribution in [2.45, 2.75) is 38.9 Å². The molecule has 0 aliphatic carbocycles. The molecule has 1 aromatic heterocycles. The molecule has 2 heterocycles. The number of hydrogen-bond acceptors (Lipinski definition) is 3. The molecule has 4 rings (SSSR count). The first-order chi connectivity index (χ1) is 39.1. The van der Waals surface area contributed by atoms with Crippen LogP contribution in [0.1, 0.15) is 27.7 Å². The monoisotopic (exact) mass is 992 g/mol. The van der Waals surface area contributed by atoms with Crippen LogP contribution in [0.2, 0.25) is 0 Å². The largest absolute Gasteiger partial charge is 0.496 e. The van der Waals surface area contributed by atoms with Crippen LogP contribution in [0.4, 0.5) is 0 Å². The Balaban J connectivity index is 0.000000615. The highest BCUT2D eigenvalue weighted by molar-refractivity contribution is 8.38. The lowest BCUT2D eigenvalue weighted by Crippen LogP contribution is -2.97. The van der Waals surface area contributed by atoms with E-state index >= 15 is 0 Å². The van der Waals surface area contributed by atoms with Gasteiger partial charge in [0, 0.05) is 442 Å². The Hall–Kier alpha value is 1.73. The fourth-order valence-corrected chi connectivity index (χ4v) is 13.4. The molecule has 0 N–H and O–H groups in total. The zero-order chi connectivity index (χ0) is 65.4. The molecule has 3 aromatic rings. The van der Waals surface area contributed by atoms with E-state index in [0.717, 1.165) is 16.7 Å². The Kier molecular flexibility index (Phi) is 33.8. The molecule has 1 aliphatic rings. The van der Waals surface area contributed by atoms with Crippen LogP contribution < -0.4 is 5.46 Å². The number of fused-ring (bicyclic) bond motifs is 1. The van der Waals surface area contributed by atoms with Crippen molar-refractivity contribution in [3.05, 3.63) is 60.8 Å². The molecule has 2 aromatic carbocycles. The number of rotatable bonds is 30. The molecule has 1 fully saturated rings. The Morgan fingerprint density at radius 2 is 0.576 bits per heavy atom. The quantitative estimate of drug-likeness (QED) is 0.0624. The second-order valence-electron chi connectivity index (χ2n) is 24.3. The van der Waals surface area contributed by atoms with Crippen molar-refractivity contribution in [2.75, 3.05) is 0 Å². The summed E-state index contributed by atoms with van der Waals surface area (Å²) in [6.07, 6.45) is -39.7. The van der Waals surface area contributed by atoms with Crippen molar-refractivity contribution in [3.63, 3.8) is 0 Å². The molecule has 0 unspecified atom stereocenters. The van der Waals surface area contributed by atoms with Gasteiger partial charge in [0.15, 0.2) is 0 Å². The first-order valence-corrected chi connectivity index (χ1v) is 28.3. The Morgan fingerprint density at radius 1 is 0.306 bits per heavy atom. The van der Waals surface area contributed by atoms with Crippen LogP contribution in [0.5, 0.6) is 0 Å². The van der Waals surface area contributed by atoms with Crippen molar-refractivity contribution < 1.29 is 9.31 Å². The molecule has 1 saturated heterocycles. The minimum absolute atomic E-state index is 0.341.